The van der Waals surface area contributed by atoms with Crippen LogP contribution in [0.25, 0.3) is 0 Å². The van der Waals surface area contributed by atoms with E-state index < -0.39 is 5.91 Å². The third kappa shape index (κ3) is 5.86. The second-order valence-electron chi connectivity index (χ2n) is 5.14. The van der Waals surface area contributed by atoms with E-state index in [0.29, 0.717) is 28.0 Å². The van der Waals surface area contributed by atoms with Crippen LogP contribution in [0.4, 0.5) is 5.69 Å². The van der Waals surface area contributed by atoms with Crippen LogP contribution in [0.5, 0.6) is 17.2 Å². The molecule has 2 aromatic rings. The van der Waals surface area contributed by atoms with Crippen LogP contribution in [0, 0.1) is 0 Å². The summed E-state index contributed by atoms with van der Waals surface area (Å²) < 4.78 is 15.4. The van der Waals surface area contributed by atoms with Gasteiger partial charge in [-0.2, -0.15) is 0 Å². The molecule has 2 N–H and O–H groups in total. The lowest BCUT2D eigenvalue weighted by Gasteiger charge is -2.10. The van der Waals surface area contributed by atoms with E-state index in [2.05, 4.69) is 10.6 Å². The summed E-state index contributed by atoms with van der Waals surface area (Å²) in [7, 11) is 3.07. The number of carbonyl (C=O) groups excluding carboxylic acids is 2. The molecule has 2 amide bonds. The second-order valence-corrected chi connectivity index (χ2v) is 5.55. The highest BCUT2D eigenvalue weighted by Crippen LogP contribution is 2.27. The smallest absolute Gasteiger partial charge is 0.258 e. The van der Waals surface area contributed by atoms with Gasteiger partial charge in [0.2, 0.25) is 5.91 Å². The summed E-state index contributed by atoms with van der Waals surface area (Å²) in [6, 6.07) is 11.7. The largest absolute Gasteiger partial charge is 0.497 e. The van der Waals surface area contributed by atoms with E-state index in [-0.39, 0.29) is 19.1 Å². The van der Waals surface area contributed by atoms with Crippen molar-refractivity contribution in [2.24, 2.45) is 0 Å². The van der Waals surface area contributed by atoms with E-state index >= 15 is 0 Å². The summed E-state index contributed by atoms with van der Waals surface area (Å²) in [5, 5.41) is 5.48. The maximum atomic E-state index is 11.9. The first kappa shape index (κ1) is 19.4. The molecule has 2 rings (SSSR count). The SMILES string of the molecule is COc1ccc(OCC(=O)NCC(=O)Nc2ccc(OC)c(Cl)c2)cc1. The normalized spacial score (nSPS) is 9.96. The number of carbonyl (C=O) groups is 2. The van der Waals surface area contributed by atoms with E-state index in [1.807, 2.05) is 0 Å². The molecule has 0 radical (unpaired) electrons. The number of hydrogen-bond donors (Lipinski definition) is 2. The van der Waals surface area contributed by atoms with E-state index in [9.17, 15) is 9.59 Å². The van der Waals surface area contributed by atoms with Crippen LogP contribution in [-0.2, 0) is 9.59 Å². The number of rotatable bonds is 8. The predicted molar refractivity (Wildman–Crippen MR) is 98.1 cm³/mol. The van der Waals surface area contributed by atoms with Crippen LogP contribution in [-0.4, -0.2) is 39.2 Å². The zero-order valence-corrected chi connectivity index (χ0v) is 15.1. The highest BCUT2D eigenvalue weighted by molar-refractivity contribution is 6.32. The third-order valence-electron chi connectivity index (χ3n) is 3.31. The van der Waals surface area contributed by atoms with Crippen LogP contribution in [0.1, 0.15) is 0 Å². The molecule has 0 aliphatic rings. The number of amides is 2. The first-order valence-electron chi connectivity index (χ1n) is 7.68. The van der Waals surface area contributed by atoms with Crippen LogP contribution in [0.3, 0.4) is 0 Å². The van der Waals surface area contributed by atoms with Crippen LogP contribution in [0.15, 0.2) is 42.5 Å². The Hall–Kier alpha value is -2.93. The average Bonchev–Trinajstić information content (AvgIpc) is 2.65. The number of benzene rings is 2. The van der Waals surface area contributed by atoms with Gasteiger partial charge in [0.15, 0.2) is 6.61 Å². The van der Waals surface area contributed by atoms with Gasteiger partial charge in [-0.05, 0) is 42.5 Å². The van der Waals surface area contributed by atoms with Gasteiger partial charge in [-0.15, -0.1) is 0 Å². The summed E-state index contributed by atoms with van der Waals surface area (Å²) in [6.45, 7) is -0.386. The molecule has 0 spiro atoms. The fourth-order valence-corrected chi connectivity index (χ4v) is 2.26. The van der Waals surface area contributed by atoms with Crippen LogP contribution < -0.4 is 24.8 Å². The van der Waals surface area contributed by atoms with E-state index in [4.69, 9.17) is 25.8 Å². The average molecular weight is 379 g/mol. The Labute approximate surface area is 156 Å². The fourth-order valence-electron chi connectivity index (χ4n) is 2.00. The third-order valence-corrected chi connectivity index (χ3v) is 3.61. The maximum Gasteiger partial charge on any atom is 0.258 e. The molecule has 8 heteroatoms. The molecule has 0 atom stereocenters. The van der Waals surface area contributed by atoms with Gasteiger partial charge in [0.05, 0.1) is 25.8 Å². The van der Waals surface area contributed by atoms with Gasteiger partial charge in [0.25, 0.3) is 5.91 Å². The topological polar surface area (TPSA) is 85.9 Å². The van der Waals surface area contributed by atoms with Gasteiger partial charge in [0, 0.05) is 5.69 Å². The van der Waals surface area contributed by atoms with Crippen molar-refractivity contribution in [2.75, 3.05) is 32.7 Å². The quantitative estimate of drug-likeness (QED) is 0.737. The number of anilines is 1. The summed E-state index contributed by atoms with van der Waals surface area (Å²) >= 11 is 5.99. The van der Waals surface area contributed by atoms with E-state index in [1.165, 1.54) is 7.11 Å². The monoisotopic (exact) mass is 378 g/mol. The Bertz CT molecular complexity index is 765. The minimum atomic E-state index is -0.413. The van der Waals surface area contributed by atoms with Crippen molar-refractivity contribution >= 4 is 29.1 Å². The highest BCUT2D eigenvalue weighted by Gasteiger charge is 2.08. The molecule has 0 saturated carbocycles. The lowest BCUT2D eigenvalue weighted by atomic mass is 10.3. The van der Waals surface area contributed by atoms with Crippen molar-refractivity contribution in [3.63, 3.8) is 0 Å². The van der Waals surface area contributed by atoms with Gasteiger partial charge in [0.1, 0.15) is 17.2 Å². The second kappa shape index (κ2) is 9.53. The number of ether oxygens (including phenoxy) is 3. The number of hydrogen-bond acceptors (Lipinski definition) is 5. The zero-order chi connectivity index (χ0) is 18.9. The molecule has 0 unspecified atom stereocenters. The molecule has 0 fully saturated rings. The molecular formula is C18H19ClN2O5. The predicted octanol–water partition coefficient (Wildman–Crippen LogP) is 2.49. The number of nitrogens with one attached hydrogen (secondary N) is 2. The Morgan fingerprint density at radius 2 is 1.65 bits per heavy atom. The maximum absolute atomic E-state index is 11.9. The van der Waals surface area contributed by atoms with Crippen molar-refractivity contribution in [3.8, 4) is 17.2 Å². The minimum absolute atomic E-state index is 0.186. The highest BCUT2D eigenvalue weighted by atomic mass is 35.5. The van der Waals surface area contributed by atoms with Gasteiger partial charge < -0.3 is 24.8 Å². The fraction of sp³-hybridized carbons (Fsp3) is 0.222. The van der Waals surface area contributed by atoms with E-state index in [1.54, 1.807) is 49.6 Å². The standard InChI is InChI=1S/C18H19ClN2O5/c1-24-13-4-6-14(7-5-13)26-11-18(23)20-10-17(22)21-12-3-8-16(25-2)15(19)9-12/h3-9H,10-11H2,1-2H3,(H,20,23)(H,21,22). The Kier molecular flexibility index (Phi) is 7.11. The van der Waals surface area contributed by atoms with Crippen molar-refractivity contribution < 1.29 is 23.8 Å². The lowest BCUT2D eigenvalue weighted by molar-refractivity contribution is -0.125. The molecule has 0 bridgehead atoms. The van der Waals surface area contributed by atoms with Crippen molar-refractivity contribution in [1.29, 1.82) is 0 Å². The summed E-state index contributed by atoms with van der Waals surface area (Å²) in [5.74, 6) is 0.928. The summed E-state index contributed by atoms with van der Waals surface area (Å²) in [6.07, 6.45) is 0. The molecule has 0 aliphatic heterocycles. The Morgan fingerprint density at radius 3 is 2.27 bits per heavy atom. The molecule has 26 heavy (non-hydrogen) atoms. The van der Waals surface area contributed by atoms with Gasteiger partial charge in [-0.3, -0.25) is 9.59 Å². The molecular weight excluding hydrogens is 360 g/mol. The first-order chi connectivity index (χ1) is 12.5. The molecule has 0 aromatic heterocycles. The Morgan fingerprint density at radius 1 is 0.962 bits per heavy atom. The minimum Gasteiger partial charge on any atom is -0.497 e. The van der Waals surface area contributed by atoms with Crippen LogP contribution >= 0.6 is 11.6 Å². The lowest BCUT2D eigenvalue weighted by Crippen LogP contribution is -2.35. The van der Waals surface area contributed by atoms with Crippen LogP contribution in [0.2, 0.25) is 5.02 Å². The number of halogens is 1. The molecule has 0 saturated heterocycles. The van der Waals surface area contributed by atoms with Gasteiger partial charge in [-0.1, -0.05) is 11.6 Å². The molecule has 2 aromatic carbocycles. The summed E-state index contributed by atoms with van der Waals surface area (Å²) in [4.78, 5) is 23.6. The zero-order valence-electron chi connectivity index (χ0n) is 14.4. The number of methoxy groups -OCH3 is 2. The molecule has 0 aliphatic carbocycles. The summed E-state index contributed by atoms with van der Waals surface area (Å²) in [5.41, 5.74) is 0.504. The van der Waals surface area contributed by atoms with Gasteiger partial charge in [-0.25, -0.2) is 0 Å². The molecule has 7 nitrogen and oxygen atoms in total. The van der Waals surface area contributed by atoms with Gasteiger partial charge >= 0.3 is 0 Å². The van der Waals surface area contributed by atoms with Crippen molar-refractivity contribution in [2.45, 2.75) is 0 Å². The first-order valence-corrected chi connectivity index (χ1v) is 8.06. The molecule has 0 heterocycles. The van der Waals surface area contributed by atoms with E-state index in [0.717, 1.165) is 0 Å². The van der Waals surface area contributed by atoms with Crippen molar-refractivity contribution in [1.82, 2.24) is 5.32 Å². The molecule has 138 valence electrons. The van der Waals surface area contributed by atoms with Crippen molar-refractivity contribution in [3.05, 3.63) is 47.5 Å². The Balaban J connectivity index is 1.74.